The minimum absolute atomic E-state index is 0.0731. The first kappa shape index (κ1) is 22.8. The molecule has 0 saturated carbocycles. The molecule has 3 amide bonds. The van der Waals surface area contributed by atoms with Gasteiger partial charge in [0.15, 0.2) is 0 Å². The Bertz CT molecular complexity index is 874. The van der Waals surface area contributed by atoms with Crippen molar-refractivity contribution in [2.45, 2.75) is 26.1 Å². The van der Waals surface area contributed by atoms with Gasteiger partial charge in [0.25, 0.3) is 0 Å². The lowest BCUT2D eigenvalue weighted by Crippen LogP contribution is -2.45. The molecule has 0 bridgehead atoms. The van der Waals surface area contributed by atoms with Gasteiger partial charge in [0.05, 0.1) is 0 Å². The molecule has 0 atom stereocenters. The van der Waals surface area contributed by atoms with E-state index in [1.54, 1.807) is 4.90 Å². The number of nitrogens with one attached hydrogen (secondary N) is 2. The lowest BCUT2D eigenvalue weighted by Gasteiger charge is -2.30. The summed E-state index contributed by atoms with van der Waals surface area (Å²) in [7, 11) is 0. The van der Waals surface area contributed by atoms with Gasteiger partial charge < -0.3 is 14.4 Å². The van der Waals surface area contributed by atoms with Gasteiger partial charge in [0.2, 0.25) is 11.9 Å². The highest BCUT2D eigenvalue weighted by Crippen LogP contribution is 2.08. The molecule has 9 nitrogen and oxygen atoms in total. The van der Waals surface area contributed by atoms with Crippen molar-refractivity contribution in [1.29, 1.82) is 0 Å². The number of hydrogen-bond acceptors (Lipinski definition) is 6. The van der Waals surface area contributed by atoms with Crippen LogP contribution < -0.4 is 10.6 Å². The number of alkyl carbamates (subject to hydrolysis) is 2. The molecule has 0 aliphatic carbocycles. The normalized spacial score (nSPS) is 12.4. The highest BCUT2D eigenvalue weighted by molar-refractivity contribution is 6.01. The van der Waals surface area contributed by atoms with Crippen LogP contribution in [0.2, 0.25) is 0 Å². The molecular weight excluding hydrogens is 412 g/mol. The minimum Gasteiger partial charge on any atom is -0.444 e. The van der Waals surface area contributed by atoms with Gasteiger partial charge in [-0.1, -0.05) is 60.7 Å². The lowest BCUT2D eigenvalue weighted by molar-refractivity contribution is -0.139. The number of β-lactam (4-membered cyclic amide) rings is 1. The fourth-order valence-corrected chi connectivity index (χ4v) is 2.87. The zero-order valence-corrected chi connectivity index (χ0v) is 17.7. The van der Waals surface area contributed by atoms with Gasteiger partial charge in [-0.25, -0.2) is 9.59 Å². The Balaban J connectivity index is 1.50. The summed E-state index contributed by atoms with van der Waals surface area (Å²) < 4.78 is 10.4. The third-order valence-electron chi connectivity index (χ3n) is 4.67. The van der Waals surface area contributed by atoms with Crippen molar-refractivity contribution in [3.63, 3.8) is 0 Å². The van der Waals surface area contributed by atoms with E-state index in [0.29, 0.717) is 25.9 Å². The highest BCUT2D eigenvalue weighted by Gasteiger charge is 2.22. The second-order valence-corrected chi connectivity index (χ2v) is 7.09. The molecule has 32 heavy (non-hydrogen) atoms. The van der Waals surface area contributed by atoms with Crippen LogP contribution in [0.1, 0.15) is 24.0 Å². The Morgan fingerprint density at radius 3 is 1.84 bits per heavy atom. The van der Waals surface area contributed by atoms with E-state index in [4.69, 9.17) is 9.47 Å². The van der Waals surface area contributed by atoms with Crippen molar-refractivity contribution >= 4 is 24.1 Å². The van der Waals surface area contributed by atoms with Crippen molar-refractivity contribution in [3.05, 3.63) is 71.8 Å². The monoisotopic (exact) mass is 438 g/mol. The van der Waals surface area contributed by atoms with Crippen molar-refractivity contribution in [2.75, 3.05) is 19.6 Å². The van der Waals surface area contributed by atoms with Gasteiger partial charge in [-0.3, -0.25) is 20.4 Å². The zero-order valence-electron chi connectivity index (χ0n) is 17.7. The van der Waals surface area contributed by atoms with E-state index in [0.717, 1.165) is 17.7 Å². The summed E-state index contributed by atoms with van der Waals surface area (Å²) in [6.07, 6.45) is -0.336. The Kier molecular flexibility index (Phi) is 8.61. The van der Waals surface area contributed by atoms with E-state index in [2.05, 4.69) is 15.6 Å². The summed E-state index contributed by atoms with van der Waals surface area (Å²) in [6, 6.07) is 18.4. The maximum atomic E-state index is 12.2. The van der Waals surface area contributed by atoms with E-state index < -0.39 is 12.2 Å². The molecule has 2 aromatic carbocycles. The summed E-state index contributed by atoms with van der Waals surface area (Å²) in [5.41, 5.74) is 1.66. The summed E-state index contributed by atoms with van der Waals surface area (Å²) in [6.45, 7) is 1.79. The number of benzene rings is 2. The van der Waals surface area contributed by atoms with Gasteiger partial charge >= 0.3 is 12.2 Å². The maximum Gasteiger partial charge on any atom is 0.414 e. The molecule has 9 heteroatoms. The first-order chi connectivity index (χ1) is 15.6. The number of carbonyl (C=O) groups excluding carboxylic acids is 3. The second-order valence-electron chi connectivity index (χ2n) is 7.09. The van der Waals surface area contributed by atoms with Crippen LogP contribution in [-0.4, -0.2) is 48.6 Å². The van der Waals surface area contributed by atoms with Crippen LogP contribution in [0.25, 0.3) is 0 Å². The van der Waals surface area contributed by atoms with Crippen molar-refractivity contribution in [2.24, 2.45) is 4.99 Å². The van der Waals surface area contributed by atoms with Crippen LogP contribution in [0.5, 0.6) is 0 Å². The van der Waals surface area contributed by atoms with Crippen LogP contribution in [0, 0.1) is 0 Å². The number of hydrogen-bond donors (Lipinski definition) is 2. The van der Waals surface area contributed by atoms with Gasteiger partial charge in [-0.05, 0) is 17.5 Å². The van der Waals surface area contributed by atoms with Crippen LogP contribution in [0.15, 0.2) is 65.7 Å². The number of nitrogens with zero attached hydrogens (tertiary/aromatic N) is 2. The van der Waals surface area contributed by atoms with E-state index in [9.17, 15) is 14.4 Å². The first-order valence-corrected chi connectivity index (χ1v) is 10.4. The third-order valence-corrected chi connectivity index (χ3v) is 4.67. The summed E-state index contributed by atoms with van der Waals surface area (Å²) >= 11 is 0. The molecule has 0 spiro atoms. The molecule has 3 rings (SSSR count). The largest absolute Gasteiger partial charge is 0.444 e. The van der Waals surface area contributed by atoms with Crippen LogP contribution >= 0.6 is 0 Å². The Labute approximate surface area is 186 Å². The number of aliphatic imine (C=N–C) groups is 1. The predicted octanol–water partition coefficient (Wildman–Crippen LogP) is 2.82. The molecule has 1 aliphatic heterocycles. The van der Waals surface area contributed by atoms with Crippen molar-refractivity contribution < 1.29 is 23.9 Å². The summed E-state index contributed by atoms with van der Waals surface area (Å²) in [5.74, 6) is 0.0514. The molecule has 2 N–H and O–H groups in total. The number of likely N-dealkylation sites (tertiary alicyclic amines) is 1. The number of ether oxygens (including phenoxy) is 2. The highest BCUT2D eigenvalue weighted by atomic mass is 16.6. The SMILES string of the molecule is O=C(NC(=NCCCN1CCC1=O)NC(=O)OCc1ccccc1)OCc1ccccc1. The van der Waals surface area contributed by atoms with Crippen LogP contribution in [-0.2, 0) is 27.5 Å². The van der Waals surface area contributed by atoms with Crippen LogP contribution in [0.3, 0.4) is 0 Å². The van der Waals surface area contributed by atoms with Gasteiger partial charge in [-0.2, -0.15) is 0 Å². The Morgan fingerprint density at radius 1 is 0.875 bits per heavy atom. The van der Waals surface area contributed by atoms with E-state index >= 15 is 0 Å². The van der Waals surface area contributed by atoms with E-state index in [-0.39, 0.29) is 25.1 Å². The molecule has 0 aromatic heterocycles. The predicted molar refractivity (Wildman–Crippen MR) is 118 cm³/mol. The fourth-order valence-electron chi connectivity index (χ4n) is 2.87. The summed E-state index contributed by atoms with van der Waals surface area (Å²) in [4.78, 5) is 41.7. The molecule has 1 saturated heterocycles. The van der Waals surface area contributed by atoms with Gasteiger partial charge in [0, 0.05) is 26.1 Å². The molecule has 1 heterocycles. The number of amides is 3. The maximum absolute atomic E-state index is 12.2. The molecule has 168 valence electrons. The number of carbonyl (C=O) groups is 3. The molecule has 0 radical (unpaired) electrons. The average Bonchev–Trinajstić information content (AvgIpc) is 2.81. The zero-order chi connectivity index (χ0) is 22.6. The number of rotatable bonds is 8. The smallest absolute Gasteiger partial charge is 0.414 e. The minimum atomic E-state index is -0.756. The Morgan fingerprint density at radius 2 is 1.41 bits per heavy atom. The van der Waals surface area contributed by atoms with E-state index in [1.807, 2.05) is 60.7 Å². The first-order valence-electron chi connectivity index (χ1n) is 10.4. The molecular formula is C23H26N4O5. The lowest BCUT2D eigenvalue weighted by atomic mass is 10.2. The second kappa shape index (κ2) is 12.1. The molecule has 1 aliphatic rings. The topological polar surface area (TPSA) is 109 Å². The van der Waals surface area contributed by atoms with Gasteiger partial charge in [-0.15, -0.1) is 0 Å². The summed E-state index contributed by atoms with van der Waals surface area (Å²) in [5, 5.41) is 4.88. The standard InChI is InChI=1S/C23H26N4O5/c28-20-12-15-27(20)14-7-13-24-21(25-22(29)31-16-18-8-3-1-4-9-18)26-23(30)32-17-19-10-5-2-6-11-19/h1-6,8-11H,7,12-17H2,(H2,24,25,26,29,30). The van der Waals surface area contributed by atoms with Crippen molar-refractivity contribution in [3.8, 4) is 0 Å². The quantitative estimate of drug-likeness (QED) is 0.285. The number of guanidine groups is 1. The fraction of sp³-hybridized carbons (Fsp3) is 0.304. The average molecular weight is 438 g/mol. The van der Waals surface area contributed by atoms with Crippen molar-refractivity contribution in [1.82, 2.24) is 15.5 Å². The molecule has 0 unspecified atom stereocenters. The van der Waals surface area contributed by atoms with Gasteiger partial charge in [0.1, 0.15) is 13.2 Å². The molecule has 2 aromatic rings. The Hall–Kier alpha value is -3.88. The van der Waals surface area contributed by atoms with E-state index in [1.165, 1.54) is 0 Å². The molecule has 1 fully saturated rings. The van der Waals surface area contributed by atoms with Crippen LogP contribution in [0.4, 0.5) is 9.59 Å². The third kappa shape index (κ3) is 7.75.